The van der Waals surface area contributed by atoms with Crippen molar-refractivity contribution in [3.63, 3.8) is 0 Å². The van der Waals surface area contributed by atoms with Gasteiger partial charge in [0.25, 0.3) is 5.91 Å². The molecule has 0 bridgehead atoms. The highest BCUT2D eigenvalue weighted by molar-refractivity contribution is 8.04. The number of amides is 1. The zero-order chi connectivity index (χ0) is 15.6. The third-order valence-electron chi connectivity index (χ3n) is 3.96. The molecule has 9 heteroatoms. The molecule has 3 N–H and O–H groups in total. The SMILES string of the molecule is O=C(NC1CCNC1)C1=CN(c2ncnc3nc[nH]c23)CCS1. The maximum atomic E-state index is 12.4. The predicted octanol–water partition coefficient (Wildman–Crippen LogP) is 0.226. The summed E-state index contributed by atoms with van der Waals surface area (Å²) in [7, 11) is 0. The van der Waals surface area contributed by atoms with Gasteiger partial charge >= 0.3 is 0 Å². The van der Waals surface area contributed by atoms with Crippen LogP contribution in [0, 0.1) is 0 Å². The van der Waals surface area contributed by atoms with Crippen molar-refractivity contribution in [2.45, 2.75) is 12.5 Å². The van der Waals surface area contributed by atoms with Crippen molar-refractivity contribution in [3.8, 4) is 0 Å². The number of aromatic nitrogens is 4. The molecule has 2 aliphatic heterocycles. The van der Waals surface area contributed by atoms with E-state index >= 15 is 0 Å². The number of H-pyrrole nitrogens is 1. The van der Waals surface area contributed by atoms with Gasteiger partial charge in [0, 0.05) is 31.1 Å². The predicted molar refractivity (Wildman–Crippen MR) is 89.0 cm³/mol. The molecule has 4 rings (SSSR count). The smallest absolute Gasteiger partial charge is 0.259 e. The molecule has 0 saturated carbocycles. The molecule has 0 aromatic carbocycles. The Hall–Kier alpha value is -2.13. The normalized spacial score (nSPS) is 21.5. The number of nitrogens with one attached hydrogen (secondary N) is 3. The summed E-state index contributed by atoms with van der Waals surface area (Å²) in [5.74, 6) is 1.57. The largest absolute Gasteiger partial charge is 0.347 e. The first-order valence-corrected chi connectivity index (χ1v) is 8.57. The number of carbonyl (C=O) groups is 1. The topological polar surface area (TPSA) is 98.8 Å². The monoisotopic (exact) mass is 331 g/mol. The van der Waals surface area contributed by atoms with Gasteiger partial charge in [0.2, 0.25) is 0 Å². The zero-order valence-electron chi connectivity index (χ0n) is 12.5. The number of hydrogen-bond donors (Lipinski definition) is 3. The van der Waals surface area contributed by atoms with Gasteiger partial charge < -0.3 is 20.5 Å². The summed E-state index contributed by atoms with van der Waals surface area (Å²) in [4.78, 5) is 30.8. The average Bonchev–Trinajstić information content (AvgIpc) is 3.25. The van der Waals surface area contributed by atoms with Crippen LogP contribution in [-0.2, 0) is 4.79 Å². The van der Waals surface area contributed by atoms with E-state index in [0.717, 1.165) is 48.0 Å². The molecule has 1 unspecified atom stereocenters. The molecule has 120 valence electrons. The minimum Gasteiger partial charge on any atom is -0.347 e. The molecule has 1 amide bonds. The molecule has 2 aromatic heterocycles. The maximum Gasteiger partial charge on any atom is 0.259 e. The second-order valence-corrected chi connectivity index (χ2v) is 6.63. The lowest BCUT2D eigenvalue weighted by molar-refractivity contribution is -0.117. The Bertz CT molecular complexity index is 752. The summed E-state index contributed by atoms with van der Waals surface area (Å²) in [5.41, 5.74) is 1.42. The Labute approximate surface area is 137 Å². The molecule has 1 saturated heterocycles. The fraction of sp³-hybridized carbons (Fsp3) is 0.429. The number of hydrogen-bond acceptors (Lipinski definition) is 7. The van der Waals surface area contributed by atoms with Gasteiger partial charge in [-0.05, 0) is 13.0 Å². The number of fused-ring (bicyclic) bond motifs is 1. The van der Waals surface area contributed by atoms with Gasteiger partial charge in [-0.1, -0.05) is 0 Å². The van der Waals surface area contributed by atoms with Crippen LogP contribution in [0.15, 0.2) is 23.8 Å². The highest BCUT2D eigenvalue weighted by atomic mass is 32.2. The van der Waals surface area contributed by atoms with E-state index < -0.39 is 0 Å². The Morgan fingerprint density at radius 1 is 1.39 bits per heavy atom. The minimum absolute atomic E-state index is 0.0108. The van der Waals surface area contributed by atoms with E-state index in [-0.39, 0.29) is 11.9 Å². The van der Waals surface area contributed by atoms with E-state index in [2.05, 4.69) is 30.6 Å². The molecular weight excluding hydrogens is 314 g/mol. The number of aromatic amines is 1. The van der Waals surface area contributed by atoms with Crippen LogP contribution in [0.3, 0.4) is 0 Å². The van der Waals surface area contributed by atoms with Crippen molar-refractivity contribution in [1.82, 2.24) is 30.6 Å². The third kappa shape index (κ3) is 2.89. The fourth-order valence-corrected chi connectivity index (χ4v) is 3.69. The summed E-state index contributed by atoms with van der Waals surface area (Å²) in [5, 5.41) is 6.34. The van der Waals surface area contributed by atoms with Crippen molar-refractivity contribution in [2.24, 2.45) is 0 Å². The van der Waals surface area contributed by atoms with E-state index in [1.54, 1.807) is 18.1 Å². The molecule has 4 heterocycles. The van der Waals surface area contributed by atoms with Crippen LogP contribution >= 0.6 is 11.8 Å². The van der Waals surface area contributed by atoms with Crippen LogP contribution in [0.1, 0.15) is 6.42 Å². The lowest BCUT2D eigenvalue weighted by Crippen LogP contribution is -2.38. The summed E-state index contributed by atoms with van der Waals surface area (Å²) in [6.07, 6.45) is 5.95. The van der Waals surface area contributed by atoms with Crippen molar-refractivity contribution in [1.29, 1.82) is 0 Å². The third-order valence-corrected chi connectivity index (χ3v) is 4.95. The molecule has 1 fully saturated rings. The molecule has 1 atom stereocenters. The van der Waals surface area contributed by atoms with E-state index in [0.29, 0.717) is 5.65 Å². The van der Waals surface area contributed by atoms with Crippen LogP contribution in [-0.4, -0.2) is 57.3 Å². The number of nitrogens with zero attached hydrogens (tertiary/aromatic N) is 4. The van der Waals surface area contributed by atoms with Gasteiger partial charge in [0.1, 0.15) is 11.8 Å². The lowest BCUT2D eigenvalue weighted by atomic mass is 10.2. The summed E-state index contributed by atoms with van der Waals surface area (Å²) in [6, 6.07) is 0.220. The molecule has 23 heavy (non-hydrogen) atoms. The lowest BCUT2D eigenvalue weighted by Gasteiger charge is -2.25. The molecule has 0 spiro atoms. The zero-order valence-corrected chi connectivity index (χ0v) is 13.3. The van der Waals surface area contributed by atoms with E-state index in [1.807, 2.05) is 11.1 Å². The van der Waals surface area contributed by atoms with Crippen LogP contribution in [0.2, 0.25) is 0 Å². The molecule has 8 nitrogen and oxygen atoms in total. The van der Waals surface area contributed by atoms with Gasteiger partial charge in [-0.2, -0.15) is 0 Å². The summed E-state index contributed by atoms with van der Waals surface area (Å²) >= 11 is 1.58. The molecule has 2 aliphatic rings. The van der Waals surface area contributed by atoms with Gasteiger partial charge in [0.15, 0.2) is 11.5 Å². The van der Waals surface area contributed by atoms with Gasteiger partial charge in [0.05, 0.1) is 11.2 Å². The van der Waals surface area contributed by atoms with E-state index in [4.69, 9.17) is 0 Å². The molecule has 0 radical (unpaired) electrons. The second kappa shape index (κ2) is 6.17. The summed E-state index contributed by atoms with van der Waals surface area (Å²) in [6.45, 7) is 2.59. The van der Waals surface area contributed by atoms with E-state index in [9.17, 15) is 4.79 Å². The Morgan fingerprint density at radius 3 is 3.22 bits per heavy atom. The van der Waals surface area contributed by atoms with Crippen LogP contribution in [0.25, 0.3) is 11.2 Å². The van der Waals surface area contributed by atoms with Crippen molar-refractivity contribution < 1.29 is 4.79 Å². The van der Waals surface area contributed by atoms with Crippen molar-refractivity contribution in [3.05, 3.63) is 23.8 Å². The second-order valence-electron chi connectivity index (χ2n) is 5.50. The summed E-state index contributed by atoms with van der Waals surface area (Å²) < 4.78 is 0. The van der Waals surface area contributed by atoms with Crippen LogP contribution in [0.5, 0.6) is 0 Å². The van der Waals surface area contributed by atoms with Gasteiger partial charge in [-0.25, -0.2) is 15.0 Å². The number of carbonyl (C=O) groups excluding carboxylic acids is 1. The average molecular weight is 331 g/mol. The first kappa shape index (κ1) is 14.5. The van der Waals surface area contributed by atoms with Crippen LogP contribution < -0.4 is 15.5 Å². The van der Waals surface area contributed by atoms with E-state index in [1.165, 1.54) is 6.33 Å². The Kier molecular flexibility index (Phi) is 3.88. The fourth-order valence-electron chi connectivity index (χ4n) is 2.79. The maximum absolute atomic E-state index is 12.4. The Balaban J connectivity index is 1.57. The number of anilines is 1. The molecule has 0 aliphatic carbocycles. The molecular formula is C14H17N7OS. The first-order valence-electron chi connectivity index (χ1n) is 7.58. The van der Waals surface area contributed by atoms with Crippen molar-refractivity contribution in [2.75, 3.05) is 30.3 Å². The number of rotatable bonds is 3. The van der Waals surface area contributed by atoms with Gasteiger partial charge in [-0.15, -0.1) is 11.8 Å². The first-order chi connectivity index (χ1) is 11.3. The highest BCUT2D eigenvalue weighted by Crippen LogP contribution is 2.28. The van der Waals surface area contributed by atoms with Gasteiger partial charge in [-0.3, -0.25) is 4.79 Å². The number of imidazole rings is 1. The molecule has 2 aromatic rings. The standard InChI is InChI=1S/C14H17N7OS/c22-14(20-9-1-2-15-5-9)10-6-21(3-4-23-10)13-11-12(17-7-16-11)18-8-19-13/h6-9,15H,1-5H2,(H,20,22)(H,16,17,18,19). The Morgan fingerprint density at radius 2 is 2.35 bits per heavy atom. The van der Waals surface area contributed by atoms with Crippen molar-refractivity contribution >= 4 is 34.7 Å². The minimum atomic E-state index is -0.0108. The quantitative estimate of drug-likeness (QED) is 0.740. The highest BCUT2D eigenvalue weighted by Gasteiger charge is 2.23. The number of thioether (sulfide) groups is 1. The van der Waals surface area contributed by atoms with Crippen LogP contribution in [0.4, 0.5) is 5.82 Å².